The molecule has 1 unspecified atom stereocenters. The molecule has 0 radical (unpaired) electrons. The molecule has 0 bridgehead atoms. The van der Waals surface area contributed by atoms with Crippen LogP contribution in [0.2, 0.25) is 0 Å². The number of carboxylic acids is 1. The van der Waals surface area contributed by atoms with Crippen molar-refractivity contribution < 1.29 is 19.1 Å². The van der Waals surface area contributed by atoms with Crippen LogP contribution in [0, 0.1) is 5.92 Å². The highest BCUT2D eigenvalue weighted by atomic mass is 16.4. The Morgan fingerprint density at radius 2 is 2.37 bits per heavy atom. The fourth-order valence-corrected chi connectivity index (χ4v) is 2.33. The van der Waals surface area contributed by atoms with E-state index in [1.54, 1.807) is 0 Å². The Morgan fingerprint density at radius 1 is 1.58 bits per heavy atom. The largest absolute Gasteiger partial charge is 0.478 e. The molecule has 2 N–H and O–H groups in total. The lowest BCUT2D eigenvalue weighted by Crippen LogP contribution is -2.39. The van der Waals surface area contributed by atoms with E-state index in [1.165, 1.54) is 6.07 Å². The van der Waals surface area contributed by atoms with E-state index >= 15 is 0 Å². The van der Waals surface area contributed by atoms with E-state index in [0.717, 1.165) is 32.2 Å². The minimum absolute atomic E-state index is 0.0115. The van der Waals surface area contributed by atoms with Gasteiger partial charge in [0.05, 0.1) is 5.56 Å². The summed E-state index contributed by atoms with van der Waals surface area (Å²) in [6.07, 6.45) is 3.32. The normalized spacial score (nSPS) is 20.2. The Morgan fingerprint density at radius 3 is 3.00 bits per heavy atom. The smallest absolute Gasteiger partial charge is 0.338 e. The number of carbonyl (C=O) groups excluding carboxylic acids is 1. The Labute approximate surface area is 111 Å². The van der Waals surface area contributed by atoms with Crippen molar-refractivity contribution in [2.24, 2.45) is 5.92 Å². The van der Waals surface area contributed by atoms with Crippen molar-refractivity contribution in [3.63, 3.8) is 0 Å². The molecule has 2 rings (SSSR count). The van der Waals surface area contributed by atoms with E-state index in [9.17, 15) is 9.59 Å². The molecule has 1 aliphatic heterocycles. The Bertz CT molecular complexity index is 469. The number of carbonyl (C=O) groups is 2. The average Bonchev–Trinajstić information content (AvgIpc) is 2.86. The maximum absolute atomic E-state index is 11.8. The van der Waals surface area contributed by atoms with Gasteiger partial charge >= 0.3 is 5.97 Å². The van der Waals surface area contributed by atoms with Gasteiger partial charge in [0.15, 0.2) is 5.76 Å². The third-order valence-corrected chi connectivity index (χ3v) is 3.34. The second-order valence-corrected chi connectivity index (χ2v) is 4.99. The van der Waals surface area contributed by atoms with Crippen LogP contribution in [-0.2, 0) is 0 Å². The molecule has 19 heavy (non-hydrogen) atoms. The van der Waals surface area contributed by atoms with E-state index in [0.29, 0.717) is 12.5 Å². The summed E-state index contributed by atoms with van der Waals surface area (Å²) in [5.74, 6) is -0.976. The second-order valence-electron chi connectivity index (χ2n) is 4.99. The maximum atomic E-state index is 11.8. The lowest BCUT2D eigenvalue weighted by molar-refractivity contribution is 0.0696. The number of amides is 1. The number of hydrogen-bond acceptors (Lipinski definition) is 4. The first-order chi connectivity index (χ1) is 9.06. The fraction of sp³-hybridized carbons (Fsp3) is 0.538. The highest BCUT2D eigenvalue weighted by molar-refractivity contribution is 5.95. The van der Waals surface area contributed by atoms with Crippen LogP contribution in [0.4, 0.5) is 0 Å². The minimum Gasteiger partial charge on any atom is -0.478 e. The molecule has 1 atom stereocenters. The third-order valence-electron chi connectivity index (χ3n) is 3.34. The van der Waals surface area contributed by atoms with E-state index < -0.39 is 5.97 Å². The standard InChI is InChI=1S/C13H18N2O4/c1-15-4-2-3-9(7-15)6-14-12(16)11-5-10(8-19-11)13(17)18/h5,8-9H,2-4,6-7H2,1H3,(H,14,16)(H,17,18). The monoisotopic (exact) mass is 266 g/mol. The summed E-state index contributed by atoms with van der Waals surface area (Å²) in [5.41, 5.74) is -0.0115. The number of nitrogens with one attached hydrogen (secondary N) is 1. The number of rotatable bonds is 4. The summed E-state index contributed by atoms with van der Waals surface area (Å²) in [7, 11) is 2.07. The topological polar surface area (TPSA) is 82.8 Å². The number of hydrogen-bond donors (Lipinski definition) is 2. The van der Waals surface area contributed by atoms with Gasteiger partial charge in [0.2, 0.25) is 0 Å². The van der Waals surface area contributed by atoms with E-state index in [1.807, 2.05) is 0 Å². The van der Waals surface area contributed by atoms with Crippen molar-refractivity contribution in [1.82, 2.24) is 10.2 Å². The van der Waals surface area contributed by atoms with Crippen molar-refractivity contribution >= 4 is 11.9 Å². The number of likely N-dealkylation sites (tertiary alicyclic amines) is 1. The van der Waals surface area contributed by atoms with Gasteiger partial charge in [0.1, 0.15) is 6.26 Å². The van der Waals surface area contributed by atoms with Gasteiger partial charge in [0, 0.05) is 19.2 Å². The number of carboxylic acid groups (broad SMARTS) is 1. The van der Waals surface area contributed by atoms with E-state index in [2.05, 4.69) is 17.3 Å². The molecule has 0 aliphatic carbocycles. The van der Waals surface area contributed by atoms with Crippen molar-refractivity contribution in [3.05, 3.63) is 23.7 Å². The first-order valence-corrected chi connectivity index (χ1v) is 6.35. The van der Waals surface area contributed by atoms with Crippen LogP contribution in [0.25, 0.3) is 0 Å². The first kappa shape index (κ1) is 13.6. The highest BCUT2D eigenvalue weighted by Crippen LogP contribution is 2.14. The van der Waals surface area contributed by atoms with Gasteiger partial charge in [-0.25, -0.2) is 4.79 Å². The summed E-state index contributed by atoms with van der Waals surface area (Å²) < 4.78 is 4.95. The van der Waals surface area contributed by atoms with E-state index in [4.69, 9.17) is 9.52 Å². The molecule has 0 spiro atoms. The molecule has 2 heterocycles. The molecule has 6 heteroatoms. The van der Waals surface area contributed by atoms with Gasteiger partial charge in [-0.3, -0.25) is 4.79 Å². The highest BCUT2D eigenvalue weighted by Gasteiger charge is 2.19. The lowest BCUT2D eigenvalue weighted by atomic mass is 9.98. The molecule has 1 saturated heterocycles. The summed E-state index contributed by atoms with van der Waals surface area (Å²) in [6, 6.07) is 1.24. The van der Waals surface area contributed by atoms with Gasteiger partial charge < -0.3 is 19.7 Å². The zero-order chi connectivity index (χ0) is 13.8. The van der Waals surface area contributed by atoms with Crippen LogP contribution in [0.5, 0.6) is 0 Å². The molecule has 1 aliphatic rings. The lowest BCUT2D eigenvalue weighted by Gasteiger charge is -2.29. The van der Waals surface area contributed by atoms with Crippen LogP contribution in [-0.4, -0.2) is 48.6 Å². The molecule has 1 amide bonds. The molecule has 1 fully saturated rings. The SMILES string of the molecule is CN1CCCC(CNC(=O)c2cc(C(=O)O)co2)C1. The Kier molecular flexibility index (Phi) is 4.21. The van der Waals surface area contributed by atoms with Crippen molar-refractivity contribution in [2.75, 3.05) is 26.7 Å². The van der Waals surface area contributed by atoms with Gasteiger partial charge in [0.25, 0.3) is 5.91 Å². The molecule has 1 aromatic rings. The zero-order valence-electron chi connectivity index (χ0n) is 10.9. The van der Waals surface area contributed by atoms with Gasteiger partial charge in [-0.05, 0) is 32.4 Å². The number of piperidine rings is 1. The Balaban J connectivity index is 1.85. The maximum Gasteiger partial charge on any atom is 0.338 e. The molecule has 1 aromatic heterocycles. The van der Waals surface area contributed by atoms with Crippen molar-refractivity contribution in [2.45, 2.75) is 12.8 Å². The first-order valence-electron chi connectivity index (χ1n) is 6.35. The summed E-state index contributed by atoms with van der Waals surface area (Å²) in [4.78, 5) is 24.7. The molecule has 0 aromatic carbocycles. The van der Waals surface area contributed by atoms with E-state index in [-0.39, 0.29) is 17.2 Å². The molecular formula is C13H18N2O4. The summed E-state index contributed by atoms with van der Waals surface area (Å²) >= 11 is 0. The van der Waals surface area contributed by atoms with Crippen LogP contribution in [0.1, 0.15) is 33.8 Å². The van der Waals surface area contributed by atoms with Crippen LogP contribution < -0.4 is 5.32 Å². The minimum atomic E-state index is -1.10. The van der Waals surface area contributed by atoms with Crippen LogP contribution in [0.15, 0.2) is 16.7 Å². The molecule has 0 saturated carbocycles. The average molecular weight is 266 g/mol. The zero-order valence-corrected chi connectivity index (χ0v) is 10.9. The summed E-state index contributed by atoms with van der Waals surface area (Å²) in [5, 5.41) is 11.5. The third kappa shape index (κ3) is 3.57. The predicted octanol–water partition coefficient (Wildman–Crippen LogP) is 1.05. The van der Waals surface area contributed by atoms with Gasteiger partial charge in [-0.1, -0.05) is 0 Å². The second kappa shape index (κ2) is 5.88. The predicted molar refractivity (Wildman–Crippen MR) is 68.2 cm³/mol. The number of nitrogens with zero attached hydrogens (tertiary/aromatic N) is 1. The van der Waals surface area contributed by atoms with Crippen molar-refractivity contribution in [1.29, 1.82) is 0 Å². The number of furan rings is 1. The summed E-state index contributed by atoms with van der Waals surface area (Å²) in [6.45, 7) is 2.66. The molecule has 104 valence electrons. The van der Waals surface area contributed by atoms with Gasteiger partial charge in [-0.2, -0.15) is 0 Å². The van der Waals surface area contributed by atoms with Crippen LogP contribution >= 0.6 is 0 Å². The molecular weight excluding hydrogens is 248 g/mol. The molecule has 6 nitrogen and oxygen atoms in total. The van der Waals surface area contributed by atoms with Crippen LogP contribution in [0.3, 0.4) is 0 Å². The fourth-order valence-electron chi connectivity index (χ4n) is 2.33. The Hall–Kier alpha value is -1.82. The number of aromatic carboxylic acids is 1. The van der Waals surface area contributed by atoms with Crippen molar-refractivity contribution in [3.8, 4) is 0 Å². The quantitative estimate of drug-likeness (QED) is 0.851. The van der Waals surface area contributed by atoms with Gasteiger partial charge in [-0.15, -0.1) is 0 Å².